The predicted molar refractivity (Wildman–Crippen MR) is 62.4 cm³/mol. The van der Waals surface area contributed by atoms with Gasteiger partial charge in [0.2, 0.25) is 5.95 Å². The first-order chi connectivity index (χ1) is 7.83. The third-order valence-corrected chi connectivity index (χ3v) is 2.97. The van der Waals surface area contributed by atoms with Gasteiger partial charge in [-0.3, -0.25) is 0 Å². The summed E-state index contributed by atoms with van der Waals surface area (Å²) in [5.41, 5.74) is 6.84. The number of pyridine rings is 1. The van der Waals surface area contributed by atoms with Gasteiger partial charge in [-0.15, -0.1) is 5.10 Å². The highest BCUT2D eigenvalue weighted by molar-refractivity contribution is 5.44. The number of piperidine rings is 1. The van der Waals surface area contributed by atoms with E-state index in [9.17, 15) is 0 Å². The third-order valence-electron chi connectivity index (χ3n) is 2.97. The average molecular weight is 217 g/mol. The fourth-order valence-electron chi connectivity index (χ4n) is 2.15. The maximum Gasteiger partial charge on any atom is 0.245 e. The van der Waals surface area contributed by atoms with Crippen LogP contribution in [0.4, 0.5) is 5.95 Å². The van der Waals surface area contributed by atoms with Crippen molar-refractivity contribution in [2.45, 2.75) is 18.9 Å². The first-order valence-electron chi connectivity index (χ1n) is 5.65. The van der Waals surface area contributed by atoms with Crippen molar-refractivity contribution in [3.63, 3.8) is 0 Å². The molecule has 5 nitrogen and oxygen atoms in total. The monoisotopic (exact) mass is 217 g/mol. The minimum atomic E-state index is 0.250. The SMILES string of the molecule is NC1CCCN(c2nc3ccccn3n2)C1. The zero-order valence-electron chi connectivity index (χ0n) is 9.08. The standard InChI is InChI=1S/C11H15N5/c12-9-4-3-6-15(8-9)11-13-10-5-1-2-7-16(10)14-11/h1-2,5,7,9H,3-4,6,8,12H2. The van der Waals surface area contributed by atoms with Gasteiger partial charge < -0.3 is 10.6 Å². The third kappa shape index (κ3) is 1.63. The highest BCUT2D eigenvalue weighted by Crippen LogP contribution is 2.16. The van der Waals surface area contributed by atoms with Crippen LogP contribution in [0, 0.1) is 0 Å². The van der Waals surface area contributed by atoms with E-state index in [0.717, 1.165) is 37.5 Å². The van der Waals surface area contributed by atoms with Gasteiger partial charge in [0.15, 0.2) is 5.65 Å². The molecule has 0 radical (unpaired) electrons. The summed E-state index contributed by atoms with van der Waals surface area (Å²) in [7, 11) is 0. The molecule has 2 aromatic heterocycles. The van der Waals surface area contributed by atoms with E-state index in [1.54, 1.807) is 4.52 Å². The summed E-state index contributed by atoms with van der Waals surface area (Å²) in [4.78, 5) is 6.66. The summed E-state index contributed by atoms with van der Waals surface area (Å²) >= 11 is 0. The first kappa shape index (κ1) is 9.59. The number of aromatic nitrogens is 3. The molecule has 1 unspecified atom stereocenters. The van der Waals surface area contributed by atoms with Crippen molar-refractivity contribution >= 4 is 11.6 Å². The lowest BCUT2D eigenvalue weighted by Gasteiger charge is -2.29. The molecule has 3 rings (SSSR count). The Morgan fingerprint density at radius 3 is 3.12 bits per heavy atom. The number of hydrogen-bond acceptors (Lipinski definition) is 4. The van der Waals surface area contributed by atoms with Crippen LogP contribution in [0.3, 0.4) is 0 Å². The van der Waals surface area contributed by atoms with Gasteiger partial charge in [0, 0.05) is 25.3 Å². The molecule has 2 N–H and O–H groups in total. The number of nitrogens with two attached hydrogens (primary N) is 1. The summed E-state index contributed by atoms with van der Waals surface area (Å²) in [6.07, 6.45) is 4.14. The second-order valence-electron chi connectivity index (χ2n) is 4.26. The molecule has 0 aliphatic carbocycles. The molecule has 84 valence electrons. The lowest BCUT2D eigenvalue weighted by atomic mass is 10.1. The van der Waals surface area contributed by atoms with Crippen LogP contribution < -0.4 is 10.6 Å². The van der Waals surface area contributed by atoms with Crippen LogP contribution in [0.2, 0.25) is 0 Å². The van der Waals surface area contributed by atoms with E-state index in [2.05, 4.69) is 15.0 Å². The minimum absolute atomic E-state index is 0.250. The molecular weight excluding hydrogens is 202 g/mol. The van der Waals surface area contributed by atoms with Crippen molar-refractivity contribution in [1.82, 2.24) is 14.6 Å². The van der Waals surface area contributed by atoms with Crippen molar-refractivity contribution in [1.29, 1.82) is 0 Å². The van der Waals surface area contributed by atoms with E-state index in [4.69, 9.17) is 5.73 Å². The van der Waals surface area contributed by atoms with Crippen LogP contribution in [0.1, 0.15) is 12.8 Å². The van der Waals surface area contributed by atoms with E-state index in [1.807, 2.05) is 24.4 Å². The van der Waals surface area contributed by atoms with E-state index < -0.39 is 0 Å². The van der Waals surface area contributed by atoms with Gasteiger partial charge in [0.25, 0.3) is 0 Å². The molecule has 1 saturated heterocycles. The van der Waals surface area contributed by atoms with E-state index in [1.165, 1.54) is 0 Å². The zero-order chi connectivity index (χ0) is 11.0. The maximum absolute atomic E-state index is 5.95. The Labute approximate surface area is 93.9 Å². The molecular formula is C11H15N5. The van der Waals surface area contributed by atoms with Crippen LogP contribution in [0.5, 0.6) is 0 Å². The highest BCUT2D eigenvalue weighted by atomic mass is 15.4. The molecule has 0 amide bonds. The summed E-state index contributed by atoms with van der Waals surface area (Å²) in [5.74, 6) is 0.793. The zero-order valence-corrected chi connectivity index (χ0v) is 9.08. The largest absolute Gasteiger partial charge is 0.338 e. The van der Waals surface area contributed by atoms with Crippen molar-refractivity contribution in [2.75, 3.05) is 18.0 Å². The van der Waals surface area contributed by atoms with E-state index in [0.29, 0.717) is 0 Å². The minimum Gasteiger partial charge on any atom is -0.338 e. The first-order valence-corrected chi connectivity index (χ1v) is 5.65. The van der Waals surface area contributed by atoms with Crippen molar-refractivity contribution in [2.24, 2.45) is 5.73 Å². The highest BCUT2D eigenvalue weighted by Gasteiger charge is 2.19. The van der Waals surface area contributed by atoms with Gasteiger partial charge in [-0.2, -0.15) is 4.98 Å². The molecule has 0 spiro atoms. The van der Waals surface area contributed by atoms with Gasteiger partial charge in [-0.1, -0.05) is 6.07 Å². The van der Waals surface area contributed by atoms with Crippen LogP contribution in [-0.4, -0.2) is 33.7 Å². The van der Waals surface area contributed by atoms with Crippen molar-refractivity contribution in [3.05, 3.63) is 24.4 Å². The van der Waals surface area contributed by atoms with Gasteiger partial charge >= 0.3 is 0 Å². The summed E-state index contributed by atoms with van der Waals surface area (Å²) in [6, 6.07) is 6.13. The summed E-state index contributed by atoms with van der Waals surface area (Å²) < 4.78 is 1.80. The Hall–Kier alpha value is -1.62. The maximum atomic E-state index is 5.95. The Kier molecular flexibility index (Phi) is 2.25. The van der Waals surface area contributed by atoms with E-state index in [-0.39, 0.29) is 6.04 Å². The number of rotatable bonds is 1. The van der Waals surface area contributed by atoms with E-state index >= 15 is 0 Å². The second kappa shape index (κ2) is 3.75. The van der Waals surface area contributed by atoms with Crippen molar-refractivity contribution < 1.29 is 0 Å². The second-order valence-corrected chi connectivity index (χ2v) is 4.26. The van der Waals surface area contributed by atoms with Gasteiger partial charge in [-0.05, 0) is 25.0 Å². The quantitative estimate of drug-likeness (QED) is 0.762. The Morgan fingerprint density at radius 2 is 2.31 bits per heavy atom. The molecule has 16 heavy (non-hydrogen) atoms. The van der Waals surface area contributed by atoms with Crippen LogP contribution in [-0.2, 0) is 0 Å². The lowest BCUT2D eigenvalue weighted by molar-refractivity contribution is 0.500. The topological polar surface area (TPSA) is 59.5 Å². The lowest BCUT2D eigenvalue weighted by Crippen LogP contribution is -2.43. The molecule has 1 atom stereocenters. The smallest absolute Gasteiger partial charge is 0.245 e. The molecule has 1 aliphatic heterocycles. The molecule has 0 bridgehead atoms. The summed E-state index contributed by atoms with van der Waals surface area (Å²) in [5, 5.41) is 4.45. The summed E-state index contributed by atoms with van der Waals surface area (Å²) in [6.45, 7) is 1.86. The normalized spacial score (nSPS) is 21.6. The Morgan fingerprint density at radius 1 is 1.38 bits per heavy atom. The Bertz CT molecular complexity index is 459. The molecule has 5 heteroatoms. The van der Waals surface area contributed by atoms with Gasteiger partial charge in [-0.25, -0.2) is 4.52 Å². The molecule has 0 saturated carbocycles. The average Bonchev–Trinajstić information content (AvgIpc) is 2.72. The molecule has 2 aromatic rings. The molecule has 3 heterocycles. The molecule has 1 aliphatic rings. The van der Waals surface area contributed by atoms with Gasteiger partial charge in [0.05, 0.1) is 0 Å². The van der Waals surface area contributed by atoms with Gasteiger partial charge in [0.1, 0.15) is 0 Å². The molecule has 1 fully saturated rings. The van der Waals surface area contributed by atoms with Crippen LogP contribution >= 0.6 is 0 Å². The number of fused-ring (bicyclic) bond motifs is 1. The van der Waals surface area contributed by atoms with Crippen molar-refractivity contribution in [3.8, 4) is 0 Å². The Balaban J connectivity index is 1.93. The molecule has 0 aromatic carbocycles. The fourth-order valence-corrected chi connectivity index (χ4v) is 2.15. The number of nitrogens with zero attached hydrogens (tertiary/aromatic N) is 4. The predicted octanol–water partition coefficient (Wildman–Crippen LogP) is 0.657. The number of hydrogen-bond donors (Lipinski definition) is 1. The fraction of sp³-hybridized carbons (Fsp3) is 0.455. The van der Waals surface area contributed by atoms with Crippen LogP contribution in [0.25, 0.3) is 5.65 Å². The van der Waals surface area contributed by atoms with Crippen LogP contribution in [0.15, 0.2) is 24.4 Å². The number of anilines is 1.